The van der Waals surface area contributed by atoms with Crippen LogP contribution in [0.2, 0.25) is 0 Å². The molecule has 2 heteroatoms. The van der Waals surface area contributed by atoms with Crippen LogP contribution in [-0.2, 0) is 11.2 Å². The predicted molar refractivity (Wildman–Crippen MR) is 86.0 cm³/mol. The van der Waals surface area contributed by atoms with Crippen molar-refractivity contribution in [1.82, 2.24) is 0 Å². The molecule has 0 N–H and O–H groups in total. The monoisotopic (exact) mass is 278 g/mol. The van der Waals surface area contributed by atoms with Crippen molar-refractivity contribution in [3.8, 4) is 0 Å². The highest BCUT2D eigenvalue weighted by atomic mass is 32.1. The van der Waals surface area contributed by atoms with Crippen molar-refractivity contribution in [1.29, 1.82) is 0 Å². The molecule has 1 nitrogen and oxygen atoms in total. The molecule has 0 saturated heterocycles. The second kappa shape index (κ2) is 5.85. The summed E-state index contributed by atoms with van der Waals surface area (Å²) in [5.74, 6) is 0.131. The first kappa shape index (κ1) is 12.8. The number of fused-ring (bicyclic) bond motifs is 1. The van der Waals surface area contributed by atoms with Gasteiger partial charge in [0.25, 0.3) is 0 Å². The van der Waals surface area contributed by atoms with Gasteiger partial charge in [0.05, 0.1) is 0 Å². The number of carbonyl (C=O) groups is 1. The van der Waals surface area contributed by atoms with Crippen molar-refractivity contribution in [3.63, 3.8) is 0 Å². The van der Waals surface area contributed by atoms with E-state index in [1.54, 1.807) is 17.4 Å². The molecule has 2 aromatic carbocycles. The van der Waals surface area contributed by atoms with Crippen LogP contribution >= 0.6 is 11.3 Å². The first-order chi connectivity index (χ1) is 9.81. The molecule has 0 fully saturated rings. The van der Waals surface area contributed by atoms with Gasteiger partial charge < -0.3 is 0 Å². The Labute approximate surface area is 122 Å². The molecule has 20 heavy (non-hydrogen) atoms. The van der Waals surface area contributed by atoms with E-state index >= 15 is 0 Å². The lowest BCUT2D eigenvalue weighted by Crippen LogP contribution is -1.98. The van der Waals surface area contributed by atoms with E-state index in [0.29, 0.717) is 6.42 Å². The van der Waals surface area contributed by atoms with Crippen LogP contribution in [0.4, 0.5) is 0 Å². The highest BCUT2D eigenvalue weighted by Crippen LogP contribution is 2.16. The Hall–Kier alpha value is -2.19. The van der Waals surface area contributed by atoms with E-state index in [4.69, 9.17) is 0 Å². The van der Waals surface area contributed by atoms with Crippen molar-refractivity contribution >= 4 is 34.0 Å². The van der Waals surface area contributed by atoms with E-state index in [-0.39, 0.29) is 5.78 Å². The molecular formula is C18H14OS. The quantitative estimate of drug-likeness (QED) is 0.631. The molecule has 3 aromatic rings. The summed E-state index contributed by atoms with van der Waals surface area (Å²) in [6.45, 7) is 0. The number of allylic oxidation sites excluding steroid dienone is 1. The van der Waals surface area contributed by atoms with Gasteiger partial charge in [-0.2, -0.15) is 11.3 Å². The summed E-state index contributed by atoms with van der Waals surface area (Å²) >= 11 is 1.63. The van der Waals surface area contributed by atoms with Gasteiger partial charge in [0.1, 0.15) is 0 Å². The Morgan fingerprint density at radius 3 is 2.70 bits per heavy atom. The SMILES string of the molecule is O=C(/C=C/c1ccsc1)Cc1ccc2ccccc2c1. The second-order valence-electron chi connectivity index (χ2n) is 4.71. The van der Waals surface area contributed by atoms with Crippen molar-refractivity contribution < 1.29 is 4.79 Å². The Kier molecular flexibility index (Phi) is 3.75. The number of hydrogen-bond acceptors (Lipinski definition) is 2. The maximum Gasteiger partial charge on any atom is 0.160 e. The van der Waals surface area contributed by atoms with Crippen LogP contribution in [0.3, 0.4) is 0 Å². The van der Waals surface area contributed by atoms with Gasteiger partial charge in [-0.3, -0.25) is 4.79 Å². The summed E-state index contributed by atoms with van der Waals surface area (Å²) in [5, 5.41) is 6.42. The van der Waals surface area contributed by atoms with Crippen LogP contribution in [0, 0.1) is 0 Å². The minimum atomic E-state index is 0.131. The minimum absolute atomic E-state index is 0.131. The van der Waals surface area contributed by atoms with Crippen molar-refractivity contribution in [2.75, 3.05) is 0 Å². The molecule has 0 bridgehead atoms. The third-order valence-electron chi connectivity index (χ3n) is 3.20. The summed E-state index contributed by atoms with van der Waals surface area (Å²) in [7, 11) is 0. The zero-order chi connectivity index (χ0) is 13.8. The number of hydrogen-bond donors (Lipinski definition) is 0. The average Bonchev–Trinajstić information content (AvgIpc) is 2.98. The number of ketones is 1. The largest absolute Gasteiger partial charge is 0.294 e. The lowest BCUT2D eigenvalue weighted by atomic mass is 10.0. The lowest BCUT2D eigenvalue weighted by molar-refractivity contribution is -0.113. The Morgan fingerprint density at radius 2 is 1.90 bits per heavy atom. The van der Waals surface area contributed by atoms with Crippen LogP contribution in [-0.4, -0.2) is 5.78 Å². The van der Waals surface area contributed by atoms with Crippen LogP contribution in [0.1, 0.15) is 11.1 Å². The van der Waals surface area contributed by atoms with E-state index in [1.165, 1.54) is 10.8 Å². The molecule has 3 rings (SSSR count). The van der Waals surface area contributed by atoms with Gasteiger partial charge in [-0.25, -0.2) is 0 Å². The average molecular weight is 278 g/mol. The summed E-state index contributed by atoms with van der Waals surface area (Å²) in [5.41, 5.74) is 2.14. The van der Waals surface area contributed by atoms with E-state index in [1.807, 2.05) is 41.1 Å². The maximum atomic E-state index is 12.0. The van der Waals surface area contributed by atoms with Crippen molar-refractivity contribution in [2.45, 2.75) is 6.42 Å². The molecule has 0 aliphatic heterocycles. The molecular weight excluding hydrogens is 264 g/mol. The van der Waals surface area contributed by atoms with Gasteiger partial charge in [-0.1, -0.05) is 48.5 Å². The smallest absolute Gasteiger partial charge is 0.160 e. The van der Waals surface area contributed by atoms with Gasteiger partial charge in [0, 0.05) is 6.42 Å². The molecule has 98 valence electrons. The predicted octanol–water partition coefficient (Wildman–Crippen LogP) is 4.73. The highest BCUT2D eigenvalue weighted by molar-refractivity contribution is 7.08. The number of rotatable bonds is 4. The first-order valence-corrected chi connectivity index (χ1v) is 7.46. The van der Waals surface area contributed by atoms with Gasteiger partial charge >= 0.3 is 0 Å². The fraction of sp³-hybridized carbons (Fsp3) is 0.0556. The molecule has 0 amide bonds. The van der Waals surface area contributed by atoms with Crippen molar-refractivity contribution in [2.24, 2.45) is 0 Å². The van der Waals surface area contributed by atoms with E-state index in [0.717, 1.165) is 11.1 Å². The third kappa shape index (κ3) is 3.03. The van der Waals surface area contributed by atoms with Crippen LogP contribution in [0.5, 0.6) is 0 Å². The van der Waals surface area contributed by atoms with Gasteiger partial charge in [-0.15, -0.1) is 0 Å². The lowest BCUT2D eigenvalue weighted by Gasteiger charge is -2.01. The van der Waals surface area contributed by atoms with Gasteiger partial charge in [0.2, 0.25) is 0 Å². The standard InChI is InChI=1S/C18H14OS/c19-18(8-6-14-9-10-20-13-14)12-15-5-7-16-3-1-2-4-17(16)11-15/h1-11,13H,12H2/b8-6+. The third-order valence-corrected chi connectivity index (χ3v) is 3.90. The fourth-order valence-electron chi connectivity index (χ4n) is 2.17. The van der Waals surface area contributed by atoms with E-state index in [2.05, 4.69) is 24.3 Å². The summed E-state index contributed by atoms with van der Waals surface area (Å²) < 4.78 is 0. The molecule has 0 spiro atoms. The Bertz CT molecular complexity index is 754. The number of benzene rings is 2. The highest BCUT2D eigenvalue weighted by Gasteiger charge is 2.01. The Balaban J connectivity index is 1.74. The number of carbonyl (C=O) groups excluding carboxylic acids is 1. The fourth-order valence-corrected chi connectivity index (χ4v) is 2.80. The molecule has 0 radical (unpaired) electrons. The van der Waals surface area contributed by atoms with E-state index < -0.39 is 0 Å². The normalized spacial score (nSPS) is 11.2. The van der Waals surface area contributed by atoms with Crippen LogP contribution in [0.15, 0.2) is 65.4 Å². The second-order valence-corrected chi connectivity index (χ2v) is 5.49. The molecule has 1 heterocycles. The van der Waals surface area contributed by atoms with Gasteiger partial charge in [-0.05, 0) is 44.8 Å². The molecule has 0 saturated carbocycles. The molecule has 1 aromatic heterocycles. The van der Waals surface area contributed by atoms with Crippen molar-refractivity contribution in [3.05, 3.63) is 76.5 Å². The molecule has 0 unspecified atom stereocenters. The van der Waals surface area contributed by atoms with E-state index in [9.17, 15) is 4.79 Å². The summed E-state index contributed by atoms with van der Waals surface area (Å²) in [6.07, 6.45) is 3.99. The Morgan fingerprint density at radius 1 is 1.05 bits per heavy atom. The topological polar surface area (TPSA) is 17.1 Å². The van der Waals surface area contributed by atoms with Gasteiger partial charge in [0.15, 0.2) is 5.78 Å². The van der Waals surface area contributed by atoms with Crippen LogP contribution < -0.4 is 0 Å². The number of thiophene rings is 1. The molecule has 0 aliphatic rings. The summed E-state index contributed by atoms with van der Waals surface area (Å²) in [6, 6.07) is 16.4. The first-order valence-electron chi connectivity index (χ1n) is 6.52. The zero-order valence-electron chi connectivity index (χ0n) is 11.0. The summed E-state index contributed by atoms with van der Waals surface area (Å²) in [4.78, 5) is 12.0. The molecule has 0 atom stereocenters. The maximum absolute atomic E-state index is 12.0. The van der Waals surface area contributed by atoms with Crippen LogP contribution in [0.25, 0.3) is 16.8 Å². The zero-order valence-corrected chi connectivity index (χ0v) is 11.8. The molecule has 0 aliphatic carbocycles. The minimum Gasteiger partial charge on any atom is -0.294 e.